The summed E-state index contributed by atoms with van der Waals surface area (Å²) < 4.78 is 6.08. The van der Waals surface area contributed by atoms with E-state index in [1.165, 1.54) is 13.2 Å². The Morgan fingerprint density at radius 2 is 2.40 bits per heavy atom. The van der Waals surface area contributed by atoms with Crippen LogP contribution in [0, 0.1) is 18.3 Å². The van der Waals surface area contributed by atoms with Crippen LogP contribution in [0.1, 0.15) is 11.3 Å². The van der Waals surface area contributed by atoms with Crippen molar-refractivity contribution in [1.29, 1.82) is 5.26 Å². The highest BCUT2D eigenvalue weighted by molar-refractivity contribution is 5.97. The van der Waals surface area contributed by atoms with Crippen LogP contribution in [0.4, 0.5) is 0 Å². The summed E-state index contributed by atoms with van der Waals surface area (Å²) in [5.41, 5.74) is 1.46. The van der Waals surface area contributed by atoms with E-state index < -0.39 is 5.97 Å². The number of ether oxygens (including phenoxy) is 1. The molecule has 0 aliphatic rings. The van der Waals surface area contributed by atoms with Crippen LogP contribution in [0.15, 0.2) is 11.8 Å². The number of carbonyl (C=O) groups is 1. The molecule has 0 spiro atoms. The van der Waals surface area contributed by atoms with Gasteiger partial charge in [0.05, 0.1) is 12.8 Å². The van der Waals surface area contributed by atoms with Crippen molar-refractivity contribution >= 4 is 12.0 Å². The van der Waals surface area contributed by atoms with E-state index in [1.54, 1.807) is 30.9 Å². The minimum Gasteiger partial charge on any atom is -0.465 e. The number of rotatable bonds is 2. The van der Waals surface area contributed by atoms with E-state index in [-0.39, 0.29) is 5.57 Å². The van der Waals surface area contributed by atoms with Gasteiger partial charge in [-0.2, -0.15) is 10.4 Å². The van der Waals surface area contributed by atoms with Gasteiger partial charge in [0.1, 0.15) is 11.6 Å². The van der Waals surface area contributed by atoms with Crippen LogP contribution in [0.2, 0.25) is 0 Å². The maximum absolute atomic E-state index is 11.1. The van der Waals surface area contributed by atoms with E-state index in [0.717, 1.165) is 11.3 Å². The molecule has 1 heterocycles. The zero-order valence-corrected chi connectivity index (χ0v) is 8.81. The maximum Gasteiger partial charge on any atom is 0.348 e. The Morgan fingerprint density at radius 1 is 1.73 bits per heavy atom. The zero-order valence-electron chi connectivity index (χ0n) is 8.81. The van der Waals surface area contributed by atoms with Crippen molar-refractivity contribution in [1.82, 2.24) is 9.78 Å². The summed E-state index contributed by atoms with van der Waals surface area (Å²) in [6.07, 6.45) is 3.20. The summed E-state index contributed by atoms with van der Waals surface area (Å²) in [4.78, 5) is 11.1. The van der Waals surface area contributed by atoms with Gasteiger partial charge in [0.15, 0.2) is 0 Å². The monoisotopic (exact) mass is 205 g/mol. The predicted octanol–water partition coefficient (Wildman–Crippen LogP) is 0.808. The molecule has 0 saturated heterocycles. The minimum absolute atomic E-state index is 0.0337. The van der Waals surface area contributed by atoms with E-state index in [0.29, 0.717) is 0 Å². The van der Waals surface area contributed by atoms with Gasteiger partial charge in [0, 0.05) is 18.8 Å². The summed E-state index contributed by atoms with van der Waals surface area (Å²) >= 11 is 0. The number of nitrogens with zero attached hydrogens (tertiary/aromatic N) is 3. The second kappa shape index (κ2) is 4.42. The predicted molar refractivity (Wildman–Crippen MR) is 53.6 cm³/mol. The smallest absolute Gasteiger partial charge is 0.348 e. The molecule has 78 valence electrons. The second-order valence-corrected chi connectivity index (χ2v) is 3.00. The van der Waals surface area contributed by atoms with E-state index in [1.807, 2.05) is 0 Å². The lowest BCUT2D eigenvalue weighted by molar-refractivity contribution is -0.135. The Kier molecular flexibility index (Phi) is 3.24. The fraction of sp³-hybridized carbons (Fsp3) is 0.300. The standard InChI is InChI=1S/C10H11N3O2/c1-7-9(6-13(2)12-7)4-8(5-11)10(14)15-3/h4,6H,1-3H3/b8-4-. The Bertz CT molecular complexity index is 452. The first-order valence-electron chi connectivity index (χ1n) is 4.29. The van der Waals surface area contributed by atoms with Crippen LogP contribution in [0.5, 0.6) is 0 Å². The zero-order chi connectivity index (χ0) is 11.4. The molecule has 0 N–H and O–H groups in total. The second-order valence-electron chi connectivity index (χ2n) is 3.00. The molecule has 0 amide bonds. The maximum atomic E-state index is 11.1. The highest BCUT2D eigenvalue weighted by atomic mass is 16.5. The third kappa shape index (κ3) is 2.44. The third-order valence-corrected chi connectivity index (χ3v) is 1.88. The van der Waals surface area contributed by atoms with Gasteiger partial charge < -0.3 is 4.74 Å². The number of esters is 1. The molecule has 5 nitrogen and oxygen atoms in total. The van der Waals surface area contributed by atoms with Crippen molar-refractivity contribution in [2.75, 3.05) is 7.11 Å². The molecule has 1 aromatic heterocycles. The summed E-state index contributed by atoms with van der Waals surface area (Å²) in [6.45, 7) is 1.80. The van der Waals surface area contributed by atoms with Crippen molar-refractivity contribution in [3.63, 3.8) is 0 Å². The third-order valence-electron chi connectivity index (χ3n) is 1.88. The molecule has 0 bridgehead atoms. The van der Waals surface area contributed by atoms with Crippen molar-refractivity contribution in [2.24, 2.45) is 7.05 Å². The molecule has 1 rings (SSSR count). The average molecular weight is 205 g/mol. The number of methoxy groups -OCH3 is 1. The molecule has 0 unspecified atom stereocenters. The van der Waals surface area contributed by atoms with Crippen molar-refractivity contribution in [2.45, 2.75) is 6.92 Å². The van der Waals surface area contributed by atoms with Crippen molar-refractivity contribution in [3.8, 4) is 6.07 Å². The van der Waals surface area contributed by atoms with Crippen LogP contribution in [0.3, 0.4) is 0 Å². The van der Waals surface area contributed by atoms with Gasteiger partial charge in [-0.05, 0) is 13.0 Å². The van der Waals surface area contributed by atoms with E-state index >= 15 is 0 Å². The highest BCUT2D eigenvalue weighted by Crippen LogP contribution is 2.10. The van der Waals surface area contributed by atoms with E-state index in [4.69, 9.17) is 5.26 Å². The Balaban J connectivity index is 3.10. The summed E-state index contributed by atoms with van der Waals surface area (Å²) in [5.74, 6) is -0.638. The molecular formula is C10H11N3O2. The number of aromatic nitrogens is 2. The molecule has 0 saturated carbocycles. The topological polar surface area (TPSA) is 67.9 Å². The van der Waals surface area contributed by atoms with Gasteiger partial charge >= 0.3 is 5.97 Å². The molecule has 0 aliphatic carbocycles. The van der Waals surface area contributed by atoms with Crippen LogP contribution in [-0.2, 0) is 16.6 Å². The number of hydrogen-bond acceptors (Lipinski definition) is 4. The van der Waals surface area contributed by atoms with Crippen molar-refractivity contribution < 1.29 is 9.53 Å². The first-order chi connectivity index (χ1) is 7.08. The summed E-state index contributed by atoms with van der Waals surface area (Å²) in [5, 5.41) is 12.8. The summed E-state index contributed by atoms with van der Waals surface area (Å²) in [6, 6.07) is 1.79. The molecule has 15 heavy (non-hydrogen) atoms. The lowest BCUT2D eigenvalue weighted by atomic mass is 10.2. The summed E-state index contributed by atoms with van der Waals surface area (Å²) in [7, 11) is 3.01. The van der Waals surface area contributed by atoms with Crippen LogP contribution < -0.4 is 0 Å². The molecular weight excluding hydrogens is 194 g/mol. The van der Waals surface area contributed by atoms with Gasteiger partial charge in [-0.1, -0.05) is 0 Å². The quantitative estimate of drug-likeness (QED) is 0.407. The van der Waals surface area contributed by atoms with E-state index in [9.17, 15) is 4.79 Å². The SMILES string of the molecule is COC(=O)/C(C#N)=C\c1cn(C)nc1C. The fourth-order valence-corrected chi connectivity index (χ4v) is 1.16. The number of carbonyl (C=O) groups excluding carboxylic acids is 1. The lowest BCUT2D eigenvalue weighted by Crippen LogP contribution is -2.02. The van der Waals surface area contributed by atoms with Gasteiger partial charge in [-0.3, -0.25) is 4.68 Å². The van der Waals surface area contributed by atoms with Gasteiger partial charge in [-0.25, -0.2) is 4.79 Å². The van der Waals surface area contributed by atoms with Crippen LogP contribution in [0.25, 0.3) is 6.08 Å². The van der Waals surface area contributed by atoms with Crippen LogP contribution in [-0.4, -0.2) is 22.9 Å². The molecule has 0 atom stereocenters. The minimum atomic E-state index is -0.638. The molecule has 5 heteroatoms. The fourth-order valence-electron chi connectivity index (χ4n) is 1.16. The normalized spacial score (nSPS) is 10.9. The first kappa shape index (κ1) is 11.0. The number of aryl methyl sites for hydroxylation is 2. The first-order valence-corrected chi connectivity index (χ1v) is 4.29. The van der Waals surface area contributed by atoms with Crippen LogP contribution >= 0.6 is 0 Å². The molecule has 0 aliphatic heterocycles. The molecule has 0 fully saturated rings. The number of hydrogen-bond donors (Lipinski definition) is 0. The van der Waals surface area contributed by atoms with Gasteiger partial charge in [0.25, 0.3) is 0 Å². The number of nitriles is 1. The average Bonchev–Trinajstić information content (AvgIpc) is 2.52. The molecule has 0 radical (unpaired) electrons. The molecule has 0 aromatic carbocycles. The lowest BCUT2D eigenvalue weighted by Gasteiger charge is -1.94. The van der Waals surface area contributed by atoms with Gasteiger partial charge in [-0.15, -0.1) is 0 Å². The Morgan fingerprint density at radius 3 is 2.80 bits per heavy atom. The Labute approximate surface area is 87.6 Å². The van der Waals surface area contributed by atoms with E-state index in [2.05, 4.69) is 9.84 Å². The van der Waals surface area contributed by atoms with Crippen molar-refractivity contribution in [3.05, 3.63) is 23.0 Å². The highest BCUT2D eigenvalue weighted by Gasteiger charge is 2.10. The largest absolute Gasteiger partial charge is 0.465 e. The Hall–Kier alpha value is -2.09. The van der Waals surface area contributed by atoms with Gasteiger partial charge in [0.2, 0.25) is 0 Å². The molecule has 1 aromatic rings.